The molecule has 1 atom stereocenters. The summed E-state index contributed by atoms with van der Waals surface area (Å²) >= 11 is 1.65. The van der Waals surface area contributed by atoms with Crippen LogP contribution in [-0.4, -0.2) is 40.5 Å². The molecule has 3 heterocycles. The molecule has 0 spiro atoms. The van der Waals surface area contributed by atoms with E-state index in [1.807, 2.05) is 6.07 Å². The summed E-state index contributed by atoms with van der Waals surface area (Å²) in [6.45, 7) is 5.41. The van der Waals surface area contributed by atoms with Gasteiger partial charge in [0.15, 0.2) is 0 Å². The van der Waals surface area contributed by atoms with Crippen molar-refractivity contribution in [1.82, 2.24) is 14.9 Å². The molecule has 1 aromatic carbocycles. The van der Waals surface area contributed by atoms with E-state index >= 15 is 0 Å². The maximum absolute atomic E-state index is 13.1. The molecule has 0 radical (unpaired) electrons. The summed E-state index contributed by atoms with van der Waals surface area (Å²) in [5.41, 5.74) is 1.93. The molecule has 130 valence electrons. The van der Waals surface area contributed by atoms with Crippen LogP contribution in [0.5, 0.6) is 0 Å². The van der Waals surface area contributed by atoms with Gasteiger partial charge in [0, 0.05) is 17.5 Å². The lowest BCUT2D eigenvalue weighted by atomic mass is 10.2. The summed E-state index contributed by atoms with van der Waals surface area (Å²) in [7, 11) is 0. The number of fused-ring (bicyclic) bond motifs is 1. The smallest absolute Gasteiger partial charge is 0.147 e. The SMILES string of the molecule is CCN1CCC[C@H]1CNc1ncnc2cc(-c3ccc(F)cc3)sc12. The van der Waals surface area contributed by atoms with Gasteiger partial charge >= 0.3 is 0 Å². The van der Waals surface area contributed by atoms with Crippen LogP contribution in [0.2, 0.25) is 0 Å². The minimum absolute atomic E-state index is 0.218. The number of aromatic nitrogens is 2. The van der Waals surface area contributed by atoms with Crippen LogP contribution in [0.15, 0.2) is 36.7 Å². The van der Waals surface area contributed by atoms with Gasteiger partial charge < -0.3 is 5.32 Å². The van der Waals surface area contributed by atoms with Crippen LogP contribution in [0, 0.1) is 5.82 Å². The van der Waals surface area contributed by atoms with Crippen LogP contribution in [0.25, 0.3) is 20.7 Å². The van der Waals surface area contributed by atoms with Crippen molar-refractivity contribution in [3.05, 3.63) is 42.5 Å². The first-order valence-electron chi connectivity index (χ1n) is 8.73. The first kappa shape index (κ1) is 16.4. The number of hydrogen-bond acceptors (Lipinski definition) is 5. The molecule has 0 amide bonds. The quantitative estimate of drug-likeness (QED) is 0.736. The second-order valence-corrected chi connectivity index (χ2v) is 7.41. The molecule has 3 aromatic rings. The Morgan fingerprint density at radius 2 is 2.12 bits per heavy atom. The van der Waals surface area contributed by atoms with Crippen molar-refractivity contribution in [2.24, 2.45) is 0 Å². The second kappa shape index (κ2) is 7.06. The van der Waals surface area contributed by atoms with Crippen molar-refractivity contribution in [2.75, 3.05) is 25.0 Å². The molecule has 4 nitrogen and oxygen atoms in total. The Bertz CT molecular complexity index is 861. The molecule has 1 aliphatic rings. The highest BCUT2D eigenvalue weighted by Crippen LogP contribution is 2.35. The Balaban J connectivity index is 1.58. The van der Waals surface area contributed by atoms with Crippen LogP contribution in [0.3, 0.4) is 0 Å². The van der Waals surface area contributed by atoms with Gasteiger partial charge in [-0.3, -0.25) is 4.90 Å². The van der Waals surface area contributed by atoms with Gasteiger partial charge in [0.05, 0.1) is 10.2 Å². The van der Waals surface area contributed by atoms with Gasteiger partial charge in [-0.25, -0.2) is 14.4 Å². The van der Waals surface area contributed by atoms with Crippen molar-refractivity contribution >= 4 is 27.4 Å². The lowest BCUT2D eigenvalue weighted by Gasteiger charge is -2.23. The molecule has 0 unspecified atom stereocenters. The maximum Gasteiger partial charge on any atom is 0.147 e. The predicted molar refractivity (Wildman–Crippen MR) is 102 cm³/mol. The third-order valence-electron chi connectivity index (χ3n) is 4.85. The number of anilines is 1. The molecule has 0 bridgehead atoms. The molecule has 6 heteroatoms. The molecule has 1 aliphatic heterocycles. The van der Waals surface area contributed by atoms with E-state index in [1.54, 1.807) is 29.8 Å². The van der Waals surface area contributed by atoms with Gasteiger partial charge in [-0.05, 0) is 49.7 Å². The fourth-order valence-electron chi connectivity index (χ4n) is 3.49. The molecule has 0 aliphatic carbocycles. The molecule has 0 saturated carbocycles. The Labute approximate surface area is 150 Å². The Morgan fingerprint density at radius 3 is 2.92 bits per heavy atom. The Morgan fingerprint density at radius 1 is 1.28 bits per heavy atom. The number of rotatable bonds is 5. The third-order valence-corrected chi connectivity index (χ3v) is 6.03. The van der Waals surface area contributed by atoms with E-state index in [9.17, 15) is 4.39 Å². The zero-order valence-electron chi connectivity index (χ0n) is 14.2. The van der Waals surface area contributed by atoms with Crippen LogP contribution in [0.1, 0.15) is 19.8 Å². The highest BCUT2D eigenvalue weighted by atomic mass is 32.1. The number of likely N-dealkylation sites (tertiary alicyclic amines) is 1. The molecule has 4 rings (SSSR count). The first-order valence-corrected chi connectivity index (χ1v) is 9.54. The van der Waals surface area contributed by atoms with Crippen LogP contribution in [-0.2, 0) is 0 Å². The van der Waals surface area contributed by atoms with Gasteiger partial charge in [-0.15, -0.1) is 11.3 Å². The number of nitrogens with one attached hydrogen (secondary N) is 1. The zero-order valence-corrected chi connectivity index (χ0v) is 15.0. The molecule has 2 aromatic heterocycles. The van der Waals surface area contributed by atoms with Crippen molar-refractivity contribution in [3.8, 4) is 10.4 Å². The molecular formula is C19H21FN4S. The predicted octanol–water partition coefficient (Wildman–Crippen LogP) is 4.39. The summed E-state index contributed by atoms with van der Waals surface area (Å²) in [5, 5.41) is 3.53. The zero-order chi connectivity index (χ0) is 17.2. The highest BCUT2D eigenvalue weighted by Gasteiger charge is 2.23. The van der Waals surface area contributed by atoms with E-state index in [-0.39, 0.29) is 5.82 Å². The van der Waals surface area contributed by atoms with Crippen molar-refractivity contribution in [3.63, 3.8) is 0 Å². The number of hydrogen-bond donors (Lipinski definition) is 1. The third kappa shape index (κ3) is 3.37. The molecular weight excluding hydrogens is 335 g/mol. The van der Waals surface area contributed by atoms with E-state index in [0.717, 1.165) is 39.6 Å². The van der Waals surface area contributed by atoms with E-state index in [0.29, 0.717) is 6.04 Å². The maximum atomic E-state index is 13.1. The van der Waals surface area contributed by atoms with Crippen LogP contribution >= 0.6 is 11.3 Å². The van der Waals surface area contributed by atoms with E-state index < -0.39 is 0 Å². The summed E-state index contributed by atoms with van der Waals surface area (Å²) in [6.07, 6.45) is 4.12. The topological polar surface area (TPSA) is 41.0 Å². The number of nitrogens with zero attached hydrogens (tertiary/aromatic N) is 3. The fourth-order valence-corrected chi connectivity index (χ4v) is 4.58. The van der Waals surface area contributed by atoms with Crippen molar-refractivity contribution in [1.29, 1.82) is 0 Å². The average molecular weight is 356 g/mol. The van der Waals surface area contributed by atoms with Gasteiger partial charge in [0.2, 0.25) is 0 Å². The van der Waals surface area contributed by atoms with Gasteiger partial charge in [0.1, 0.15) is 18.0 Å². The van der Waals surface area contributed by atoms with E-state index in [1.165, 1.54) is 31.5 Å². The number of likely N-dealkylation sites (N-methyl/N-ethyl adjacent to an activating group) is 1. The lowest BCUT2D eigenvalue weighted by molar-refractivity contribution is 0.277. The van der Waals surface area contributed by atoms with Crippen molar-refractivity contribution in [2.45, 2.75) is 25.8 Å². The highest BCUT2D eigenvalue weighted by molar-refractivity contribution is 7.22. The van der Waals surface area contributed by atoms with Crippen LogP contribution < -0.4 is 5.32 Å². The number of benzene rings is 1. The Hall–Kier alpha value is -2.05. The summed E-state index contributed by atoms with van der Waals surface area (Å²) in [4.78, 5) is 12.4. The lowest BCUT2D eigenvalue weighted by Crippen LogP contribution is -2.34. The summed E-state index contributed by atoms with van der Waals surface area (Å²) in [5.74, 6) is 0.676. The first-order chi connectivity index (χ1) is 12.2. The minimum atomic E-state index is -0.218. The number of halogens is 1. The number of thiophene rings is 1. The van der Waals surface area contributed by atoms with Crippen LogP contribution in [0.4, 0.5) is 10.2 Å². The largest absolute Gasteiger partial charge is 0.367 e. The monoisotopic (exact) mass is 356 g/mol. The van der Waals surface area contributed by atoms with E-state index in [4.69, 9.17) is 0 Å². The molecule has 25 heavy (non-hydrogen) atoms. The molecule has 1 N–H and O–H groups in total. The second-order valence-electron chi connectivity index (χ2n) is 6.36. The van der Waals surface area contributed by atoms with Gasteiger partial charge in [-0.1, -0.05) is 19.1 Å². The Kier molecular flexibility index (Phi) is 4.63. The molecule has 1 saturated heterocycles. The van der Waals surface area contributed by atoms with Gasteiger partial charge in [-0.2, -0.15) is 0 Å². The minimum Gasteiger partial charge on any atom is -0.367 e. The fraction of sp³-hybridized carbons (Fsp3) is 0.368. The summed E-state index contributed by atoms with van der Waals surface area (Å²) < 4.78 is 14.2. The summed E-state index contributed by atoms with van der Waals surface area (Å²) in [6, 6.07) is 9.21. The van der Waals surface area contributed by atoms with Crippen molar-refractivity contribution < 1.29 is 4.39 Å². The van der Waals surface area contributed by atoms with E-state index in [2.05, 4.69) is 27.1 Å². The van der Waals surface area contributed by atoms with Gasteiger partial charge in [0.25, 0.3) is 0 Å². The standard InChI is InChI=1S/C19H21FN4S/c1-2-24-9-3-4-15(24)11-21-19-18-16(22-12-23-19)10-17(25-18)13-5-7-14(20)8-6-13/h5-8,10,12,15H,2-4,9,11H2,1H3,(H,21,22,23)/t15-/m0/s1. The average Bonchev–Trinajstić information content (AvgIpc) is 3.27. The molecule has 1 fully saturated rings. The normalized spacial score (nSPS) is 18.1.